The van der Waals surface area contributed by atoms with Crippen LogP contribution in [-0.4, -0.2) is 56.6 Å². The number of carbonyl (C=O) groups is 1. The molecule has 3 rings (SSSR count). The maximum Gasteiger partial charge on any atom is 0.317 e. The van der Waals surface area contributed by atoms with Crippen LogP contribution < -0.4 is 5.32 Å². The Morgan fingerprint density at radius 3 is 2.88 bits per heavy atom. The number of carbonyl (C=O) groups excluding carboxylic acids is 1. The number of aromatic nitrogens is 2. The molecule has 8 heteroatoms. The summed E-state index contributed by atoms with van der Waals surface area (Å²) in [6.45, 7) is 0.266. The van der Waals surface area contributed by atoms with E-state index in [-0.39, 0.29) is 25.7 Å². The predicted molar refractivity (Wildman–Crippen MR) is 84.0 cm³/mol. The van der Waals surface area contributed by atoms with Crippen molar-refractivity contribution in [2.75, 3.05) is 19.7 Å². The Morgan fingerprint density at radius 2 is 2.17 bits per heavy atom. The van der Waals surface area contributed by atoms with Crippen LogP contribution >= 0.6 is 0 Å². The predicted octanol–water partition coefficient (Wildman–Crippen LogP) is 0.299. The van der Waals surface area contributed by atoms with Crippen LogP contribution in [0.25, 0.3) is 0 Å². The molecule has 3 N–H and O–H groups in total. The number of benzene rings is 1. The fraction of sp³-hybridized carbons (Fsp3) is 0.438. The first-order valence-corrected chi connectivity index (χ1v) is 7.79. The summed E-state index contributed by atoms with van der Waals surface area (Å²) in [5.74, 6) is 0.882. The van der Waals surface area contributed by atoms with Gasteiger partial charge in [-0.15, -0.1) is 0 Å². The first-order chi connectivity index (χ1) is 11.6. The third-order valence-corrected chi connectivity index (χ3v) is 4.02. The number of amides is 2. The summed E-state index contributed by atoms with van der Waals surface area (Å²) in [5, 5.41) is 25.6. The van der Waals surface area contributed by atoms with Crippen molar-refractivity contribution in [2.24, 2.45) is 0 Å². The molecule has 24 heavy (non-hydrogen) atoms. The molecule has 2 heterocycles. The van der Waals surface area contributed by atoms with Gasteiger partial charge in [0, 0.05) is 13.0 Å². The Bertz CT molecular complexity index is 690. The molecule has 0 aliphatic carbocycles. The van der Waals surface area contributed by atoms with Crippen molar-refractivity contribution in [3.05, 3.63) is 47.6 Å². The third kappa shape index (κ3) is 3.90. The van der Waals surface area contributed by atoms with E-state index in [4.69, 9.17) is 9.63 Å². The van der Waals surface area contributed by atoms with Crippen molar-refractivity contribution in [2.45, 2.75) is 25.0 Å². The molecule has 1 saturated heterocycles. The molecule has 1 aromatic carbocycles. The zero-order chi connectivity index (χ0) is 17.0. The second-order valence-electron chi connectivity index (χ2n) is 5.98. The SMILES string of the molecule is O=C(NCc1nc(Cc2ccccc2)no1)N1CC[C@@](O)(CO)C1. The highest BCUT2D eigenvalue weighted by atomic mass is 16.5. The molecule has 1 aliphatic heterocycles. The number of nitrogens with zero attached hydrogens (tertiary/aromatic N) is 3. The van der Waals surface area contributed by atoms with Gasteiger partial charge < -0.3 is 25.0 Å². The lowest BCUT2D eigenvalue weighted by Gasteiger charge is -2.20. The maximum atomic E-state index is 12.1. The van der Waals surface area contributed by atoms with Gasteiger partial charge in [-0.25, -0.2) is 4.79 Å². The summed E-state index contributed by atoms with van der Waals surface area (Å²) in [6.07, 6.45) is 0.923. The molecule has 0 saturated carbocycles. The van der Waals surface area contributed by atoms with E-state index in [1.807, 2.05) is 30.3 Å². The molecular weight excluding hydrogens is 312 g/mol. The van der Waals surface area contributed by atoms with Crippen molar-refractivity contribution in [3.63, 3.8) is 0 Å². The third-order valence-electron chi connectivity index (χ3n) is 4.02. The highest BCUT2D eigenvalue weighted by molar-refractivity contribution is 5.74. The number of aliphatic hydroxyl groups is 2. The van der Waals surface area contributed by atoms with E-state index in [0.717, 1.165) is 5.56 Å². The highest BCUT2D eigenvalue weighted by Crippen LogP contribution is 2.20. The van der Waals surface area contributed by atoms with Gasteiger partial charge in [0.25, 0.3) is 0 Å². The molecule has 1 aromatic heterocycles. The molecule has 1 aliphatic rings. The molecule has 1 fully saturated rings. The van der Waals surface area contributed by atoms with E-state index < -0.39 is 5.60 Å². The Morgan fingerprint density at radius 1 is 1.38 bits per heavy atom. The van der Waals surface area contributed by atoms with E-state index >= 15 is 0 Å². The molecule has 0 spiro atoms. The Hall–Kier alpha value is -2.45. The Labute approximate surface area is 139 Å². The smallest absolute Gasteiger partial charge is 0.317 e. The van der Waals surface area contributed by atoms with Gasteiger partial charge in [0.05, 0.1) is 19.7 Å². The number of likely N-dealkylation sites (tertiary alicyclic amines) is 1. The standard InChI is InChI=1S/C16H20N4O4/c21-11-16(23)6-7-20(10-16)15(22)17-9-14-18-13(19-24-14)8-12-4-2-1-3-5-12/h1-5,21,23H,6-11H2,(H,17,22)/t16-/m0/s1. The minimum Gasteiger partial charge on any atom is -0.393 e. The molecule has 2 aromatic rings. The van der Waals surface area contributed by atoms with Crippen molar-refractivity contribution >= 4 is 6.03 Å². The summed E-state index contributed by atoms with van der Waals surface area (Å²) < 4.78 is 5.13. The van der Waals surface area contributed by atoms with Crippen LogP contribution in [0.2, 0.25) is 0 Å². The zero-order valence-corrected chi connectivity index (χ0v) is 13.2. The van der Waals surface area contributed by atoms with E-state index in [1.54, 1.807) is 0 Å². The Kier molecular flexibility index (Phi) is 4.77. The summed E-state index contributed by atoms with van der Waals surface area (Å²) >= 11 is 0. The van der Waals surface area contributed by atoms with Crippen molar-refractivity contribution in [1.29, 1.82) is 0 Å². The van der Waals surface area contributed by atoms with Gasteiger partial charge in [0.15, 0.2) is 5.82 Å². The summed E-state index contributed by atoms with van der Waals surface area (Å²) in [7, 11) is 0. The first-order valence-electron chi connectivity index (χ1n) is 7.79. The molecule has 2 amide bonds. The lowest BCUT2D eigenvalue weighted by molar-refractivity contribution is -0.00281. The van der Waals surface area contributed by atoms with E-state index in [1.165, 1.54) is 4.90 Å². The summed E-state index contributed by atoms with van der Waals surface area (Å²) in [6, 6.07) is 9.46. The monoisotopic (exact) mass is 332 g/mol. The molecule has 0 unspecified atom stereocenters. The average molecular weight is 332 g/mol. The van der Waals surface area contributed by atoms with E-state index in [9.17, 15) is 9.90 Å². The fourth-order valence-electron chi connectivity index (χ4n) is 2.63. The molecule has 1 atom stereocenters. The van der Waals surface area contributed by atoms with E-state index in [2.05, 4.69) is 15.5 Å². The fourth-order valence-corrected chi connectivity index (χ4v) is 2.63. The number of hydrogen-bond acceptors (Lipinski definition) is 6. The normalized spacial score (nSPS) is 20.3. The van der Waals surface area contributed by atoms with Gasteiger partial charge in [-0.05, 0) is 12.0 Å². The van der Waals surface area contributed by atoms with Crippen LogP contribution in [0.1, 0.15) is 23.7 Å². The molecular formula is C16H20N4O4. The lowest BCUT2D eigenvalue weighted by Crippen LogP contribution is -2.42. The largest absolute Gasteiger partial charge is 0.393 e. The number of hydrogen-bond donors (Lipinski definition) is 3. The number of aliphatic hydroxyl groups excluding tert-OH is 1. The number of β-amino-alcohol motifs (C(OH)–C–C–N with tert-alkyl or cyclic N) is 1. The van der Waals surface area contributed by atoms with Crippen LogP contribution in [0.15, 0.2) is 34.9 Å². The summed E-state index contributed by atoms with van der Waals surface area (Å²) in [5.41, 5.74) is -0.126. The van der Waals surface area contributed by atoms with Gasteiger partial charge in [-0.3, -0.25) is 0 Å². The van der Waals surface area contributed by atoms with Gasteiger partial charge in [0.2, 0.25) is 5.89 Å². The average Bonchev–Trinajstić information content (AvgIpc) is 3.21. The van der Waals surface area contributed by atoms with Gasteiger partial charge in [-0.2, -0.15) is 4.98 Å². The van der Waals surface area contributed by atoms with Crippen LogP contribution in [-0.2, 0) is 13.0 Å². The Balaban J connectivity index is 1.50. The minimum atomic E-state index is -1.20. The molecule has 0 bridgehead atoms. The van der Waals surface area contributed by atoms with E-state index in [0.29, 0.717) is 31.1 Å². The number of rotatable bonds is 5. The second kappa shape index (κ2) is 6.98. The van der Waals surface area contributed by atoms with Crippen LogP contribution in [0.4, 0.5) is 4.79 Å². The second-order valence-corrected chi connectivity index (χ2v) is 5.98. The topological polar surface area (TPSA) is 112 Å². The highest BCUT2D eigenvalue weighted by Gasteiger charge is 2.37. The maximum absolute atomic E-state index is 12.1. The van der Waals surface area contributed by atoms with Gasteiger partial charge in [0.1, 0.15) is 5.60 Å². The number of nitrogens with one attached hydrogen (secondary N) is 1. The van der Waals surface area contributed by atoms with Gasteiger partial charge in [-0.1, -0.05) is 35.5 Å². The molecule has 128 valence electrons. The molecule has 0 radical (unpaired) electrons. The van der Waals surface area contributed by atoms with Crippen LogP contribution in [0.5, 0.6) is 0 Å². The minimum absolute atomic E-state index is 0.110. The van der Waals surface area contributed by atoms with Gasteiger partial charge >= 0.3 is 6.03 Å². The van der Waals surface area contributed by atoms with Crippen LogP contribution in [0.3, 0.4) is 0 Å². The van der Waals surface area contributed by atoms with Crippen LogP contribution in [0, 0.1) is 0 Å². The van der Waals surface area contributed by atoms with Crippen molar-refractivity contribution < 1.29 is 19.5 Å². The molecule has 8 nitrogen and oxygen atoms in total. The number of urea groups is 1. The summed E-state index contributed by atoms with van der Waals surface area (Å²) in [4.78, 5) is 17.8. The quantitative estimate of drug-likeness (QED) is 0.726. The van der Waals surface area contributed by atoms with Crippen molar-refractivity contribution in [1.82, 2.24) is 20.4 Å². The lowest BCUT2D eigenvalue weighted by atomic mass is 10.1. The first kappa shape index (κ1) is 16.4. The zero-order valence-electron chi connectivity index (χ0n) is 13.2. The van der Waals surface area contributed by atoms with Crippen molar-refractivity contribution in [3.8, 4) is 0 Å².